The smallest absolute Gasteiger partial charge is 0.338 e. The third kappa shape index (κ3) is 5.60. The Balaban J connectivity index is 2.38. The van der Waals surface area contributed by atoms with Gasteiger partial charge < -0.3 is 19.5 Å². The molecule has 0 bridgehead atoms. The number of carbonyl (C=O) groups excluding carboxylic acids is 2. The fourth-order valence-corrected chi connectivity index (χ4v) is 2.41. The van der Waals surface area contributed by atoms with Gasteiger partial charge in [-0.25, -0.2) is 9.59 Å². The van der Waals surface area contributed by atoms with Crippen LogP contribution >= 0.6 is 0 Å². The molecule has 0 heterocycles. The molecule has 0 aliphatic rings. The highest BCUT2D eigenvalue weighted by Gasteiger charge is 2.16. The maximum Gasteiger partial charge on any atom is 0.338 e. The lowest BCUT2D eigenvalue weighted by Crippen LogP contribution is -2.10. The molecule has 0 aliphatic heterocycles. The molecule has 0 unspecified atom stereocenters. The summed E-state index contributed by atoms with van der Waals surface area (Å²) in [4.78, 5) is 23.9. The third-order valence-corrected chi connectivity index (χ3v) is 3.59. The fourth-order valence-electron chi connectivity index (χ4n) is 2.41. The van der Waals surface area contributed by atoms with Gasteiger partial charge in [0.15, 0.2) is 0 Å². The standard InChI is InChI=1S/C21H23NO5/c1-14(2)27-16-11-9-15(10-12-16)22-19(13-20(23)25-3)17-7-5-6-8-18(17)21(24)26-4/h5-14,22H,1-4H3. The molecular weight excluding hydrogens is 346 g/mol. The molecule has 0 spiro atoms. The Bertz CT molecular complexity index is 825. The summed E-state index contributed by atoms with van der Waals surface area (Å²) in [5.41, 5.74) is 2.00. The van der Waals surface area contributed by atoms with Gasteiger partial charge in [-0.15, -0.1) is 0 Å². The first-order valence-electron chi connectivity index (χ1n) is 8.45. The van der Waals surface area contributed by atoms with Gasteiger partial charge in [-0.1, -0.05) is 18.2 Å². The van der Waals surface area contributed by atoms with Crippen molar-refractivity contribution in [2.45, 2.75) is 20.0 Å². The number of esters is 2. The van der Waals surface area contributed by atoms with Crippen molar-refractivity contribution < 1.29 is 23.8 Å². The van der Waals surface area contributed by atoms with Crippen LogP contribution in [-0.4, -0.2) is 32.3 Å². The van der Waals surface area contributed by atoms with Gasteiger partial charge in [-0.05, 0) is 44.2 Å². The first kappa shape index (κ1) is 20.0. The second-order valence-corrected chi connectivity index (χ2v) is 5.93. The Kier molecular flexibility index (Phi) is 7.00. The topological polar surface area (TPSA) is 73.9 Å². The minimum absolute atomic E-state index is 0.0746. The lowest BCUT2D eigenvalue weighted by molar-refractivity contribution is -0.134. The largest absolute Gasteiger partial charge is 0.491 e. The normalized spacial score (nSPS) is 11.1. The molecule has 27 heavy (non-hydrogen) atoms. The van der Waals surface area contributed by atoms with Gasteiger partial charge in [0.25, 0.3) is 0 Å². The van der Waals surface area contributed by atoms with E-state index in [0.717, 1.165) is 11.4 Å². The number of ether oxygens (including phenoxy) is 3. The van der Waals surface area contributed by atoms with Crippen LogP contribution in [0.2, 0.25) is 0 Å². The Hall–Kier alpha value is -3.28. The Labute approximate surface area is 158 Å². The molecule has 2 rings (SSSR count). The zero-order valence-corrected chi connectivity index (χ0v) is 15.8. The molecule has 0 fully saturated rings. The van der Waals surface area contributed by atoms with Crippen molar-refractivity contribution in [2.24, 2.45) is 0 Å². The van der Waals surface area contributed by atoms with E-state index in [1.165, 1.54) is 20.3 Å². The summed E-state index contributed by atoms with van der Waals surface area (Å²) < 4.78 is 15.2. The quantitative estimate of drug-likeness (QED) is 0.590. The summed E-state index contributed by atoms with van der Waals surface area (Å²) in [6.45, 7) is 3.90. The van der Waals surface area contributed by atoms with Gasteiger partial charge in [-0.3, -0.25) is 0 Å². The number of nitrogens with one attached hydrogen (secondary N) is 1. The van der Waals surface area contributed by atoms with Gasteiger partial charge in [0.05, 0.1) is 31.6 Å². The average Bonchev–Trinajstić information content (AvgIpc) is 2.67. The molecule has 0 atom stereocenters. The lowest BCUT2D eigenvalue weighted by atomic mass is 10.0. The second kappa shape index (κ2) is 9.43. The SMILES string of the molecule is COC(=O)C=C(Nc1ccc(OC(C)C)cc1)c1ccccc1C(=O)OC. The first-order valence-corrected chi connectivity index (χ1v) is 8.45. The minimum atomic E-state index is -0.545. The first-order chi connectivity index (χ1) is 12.9. The predicted molar refractivity (Wildman–Crippen MR) is 104 cm³/mol. The maximum absolute atomic E-state index is 12.1. The molecule has 6 heteroatoms. The van der Waals surface area contributed by atoms with Crippen molar-refractivity contribution in [1.82, 2.24) is 0 Å². The number of anilines is 1. The average molecular weight is 369 g/mol. The van der Waals surface area contributed by atoms with E-state index < -0.39 is 11.9 Å². The highest BCUT2D eigenvalue weighted by molar-refractivity contribution is 6.01. The van der Waals surface area contributed by atoms with Crippen molar-refractivity contribution in [3.05, 3.63) is 65.7 Å². The van der Waals surface area contributed by atoms with Crippen LogP contribution in [0.3, 0.4) is 0 Å². The Morgan fingerprint density at radius 2 is 1.56 bits per heavy atom. The molecule has 6 nitrogen and oxygen atoms in total. The van der Waals surface area contributed by atoms with E-state index in [2.05, 4.69) is 5.32 Å². The Morgan fingerprint density at radius 1 is 0.926 bits per heavy atom. The molecule has 2 aromatic rings. The molecule has 0 amide bonds. The van der Waals surface area contributed by atoms with Crippen LogP contribution in [0.15, 0.2) is 54.6 Å². The summed E-state index contributed by atoms with van der Waals surface area (Å²) in [5.74, 6) is -0.301. The zero-order chi connectivity index (χ0) is 19.8. The summed E-state index contributed by atoms with van der Waals surface area (Å²) in [6, 6.07) is 14.2. The van der Waals surface area contributed by atoms with Gasteiger partial charge >= 0.3 is 11.9 Å². The van der Waals surface area contributed by atoms with Crippen molar-refractivity contribution in [3.8, 4) is 5.75 Å². The van der Waals surface area contributed by atoms with Crippen molar-refractivity contribution in [2.75, 3.05) is 19.5 Å². The van der Waals surface area contributed by atoms with Crippen LogP contribution < -0.4 is 10.1 Å². The van der Waals surface area contributed by atoms with Crippen LogP contribution in [0.4, 0.5) is 5.69 Å². The number of carbonyl (C=O) groups is 2. The molecular formula is C21H23NO5. The monoisotopic (exact) mass is 369 g/mol. The van der Waals surface area contributed by atoms with E-state index in [4.69, 9.17) is 14.2 Å². The van der Waals surface area contributed by atoms with Gasteiger partial charge in [0.2, 0.25) is 0 Å². The van der Waals surface area contributed by atoms with Crippen LogP contribution in [0.25, 0.3) is 5.70 Å². The van der Waals surface area contributed by atoms with Gasteiger partial charge in [0.1, 0.15) is 5.75 Å². The van der Waals surface area contributed by atoms with Gasteiger partial charge in [-0.2, -0.15) is 0 Å². The van der Waals surface area contributed by atoms with Crippen LogP contribution in [0.1, 0.15) is 29.8 Å². The Morgan fingerprint density at radius 3 is 2.11 bits per heavy atom. The molecule has 142 valence electrons. The van der Waals surface area contributed by atoms with Crippen molar-refractivity contribution in [1.29, 1.82) is 0 Å². The van der Waals surface area contributed by atoms with E-state index in [9.17, 15) is 9.59 Å². The number of hydrogen-bond acceptors (Lipinski definition) is 6. The van der Waals surface area contributed by atoms with E-state index in [-0.39, 0.29) is 6.10 Å². The summed E-state index contributed by atoms with van der Waals surface area (Å²) >= 11 is 0. The summed E-state index contributed by atoms with van der Waals surface area (Å²) in [6.07, 6.45) is 1.37. The zero-order valence-electron chi connectivity index (χ0n) is 15.8. The minimum Gasteiger partial charge on any atom is -0.491 e. The lowest BCUT2D eigenvalue weighted by Gasteiger charge is -2.15. The molecule has 0 aromatic heterocycles. The molecule has 0 saturated heterocycles. The van der Waals surface area contributed by atoms with Crippen LogP contribution in [0.5, 0.6) is 5.75 Å². The second-order valence-electron chi connectivity index (χ2n) is 5.93. The van der Waals surface area contributed by atoms with Crippen LogP contribution in [0, 0.1) is 0 Å². The van der Waals surface area contributed by atoms with Crippen molar-refractivity contribution in [3.63, 3.8) is 0 Å². The highest BCUT2D eigenvalue weighted by Crippen LogP contribution is 2.24. The van der Waals surface area contributed by atoms with Gasteiger partial charge in [0, 0.05) is 17.3 Å². The number of hydrogen-bond donors (Lipinski definition) is 1. The molecule has 0 saturated carbocycles. The fraction of sp³-hybridized carbons (Fsp3) is 0.238. The van der Waals surface area contributed by atoms with E-state index in [0.29, 0.717) is 16.8 Å². The van der Waals surface area contributed by atoms with Crippen molar-refractivity contribution >= 4 is 23.3 Å². The van der Waals surface area contributed by atoms with E-state index >= 15 is 0 Å². The summed E-state index contributed by atoms with van der Waals surface area (Å²) in [5, 5.41) is 3.16. The number of rotatable bonds is 7. The van der Waals surface area contributed by atoms with Crippen LogP contribution in [-0.2, 0) is 14.3 Å². The number of methoxy groups -OCH3 is 2. The molecule has 1 N–H and O–H groups in total. The van der Waals surface area contributed by atoms with E-state index in [1.807, 2.05) is 38.1 Å². The number of benzene rings is 2. The maximum atomic E-state index is 12.1. The highest BCUT2D eigenvalue weighted by atomic mass is 16.5. The summed E-state index contributed by atoms with van der Waals surface area (Å²) in [7, 11) is 2.60. The predicted octanol–water partition coefficient (Wildman–Crippen LogP) is 3.89. The van der Waals surface area contributed by atoms with E-state index in [1.54, 1.807) is 24.3 Å². The molecule has 2 aromatic carbocycles. The third-order valence-electron chi connectivity index (χ3n) is 3.59. The molecule has 0 aliphatic carbocycles. The molecule has 0 radical (unpaired) electrons.